The maximum absolute atomic E-state index is 3.12. The first-order valence-corrected chi connectivity index (χ1v) is 10.1. The Morgan fingerprint density at radius 1 is 0.609 bits per heavy atom. The summed E-state index contributed by atoms with van der Waals surface area (Å²) in [6, 6.07) is 0. The van der Waals surface area contributed by atoms with Crippen molar-refractivity contribution < 1.29 is 0 Å². The molecule has 0 aliphatic rings. The van der Waals surface area contributed by atoms with Gasteiger partial charge in [-0.15, -0.1) is 0 Å². The van der Waals surface area contributed by atoms with Gasteiger partial charge in [-0.3, -0.25) is 0 Å². The molecule has 0 saturated carbocycles. The van der Waals surface area contributed by atoms with Crippen LogP contribution in [0.1, 0.15) is 96.8 Å². The largest absolute Gasteiger partial charge is 0.245 e. The van der Waals surface area contributed by atoms with Gasteiger partial charge in [0.25, 0.3) is 0 Å². The van der Waals surface area contributed by atoms with Crippen molar-refractivity contribution in [2.75, 3.05) is 20.6 Å². The van der Waals surface area contributed by atoms with Crippen LogP contribution >= 0.6 is 0 Å². The molecule has 3 nitrogen and oxygen atoms in total. The summed E-state index contributed by atoms with van der Waals surface area (Å²) >= 11 is 0. The summed E-state index contributed by atoms with van der Waals surface area (Å²) in [7, 11) is 3.91. The molecular weight excluding hydrogens is 282 g/mol. The Morgan fingerprint density at radius 2 is 1.04 bits per heavy atom. The first kappa shape index (κ1) is 22.6. The van der Waals surface area contributed by atoms with E-state index in [0.717, 1.165) is 6.54 Å². The predicted octanol–water partition coefficient (Wildman–Crippen LogP) is 5.59. The second-order valence-electron chi connectivity index (χ2n) is 6.54. The van der Waals surface area contributed by atoms with E-state index in [0.29, 0.717) is 0 Å². The molecular formula is C20H43N3. The summed E-state index contributed by atoms with van der Waals surface area (Å²) in [5.74, 6) is 0. The number of nitrogens with one attached hydrogen (secondary N) is 2. The molecule has 0 atom stereocenters. The Bertz CT molecular complexity index is 237. The normalized spacial score (nSPS) is 11.8. The number of nitrogens with zero attached hydrogens (tertiary/aromatic N) is 1. The van der Waals surface area contributed by atoms with E-state index in [-0.39, 0.29) is 0 Å². The van der Waals surface area contributed by atoms with E-state index >= 15 is 0 Å². The van der Waals surface area contributed by atoms with Crippen LogP contribution in [0, 0.1) is 0 Å². The highest BCUT2D eigenvalue weighted by Crippen LogP contribution is 2.09. The summed E-state index contributed by atoms with van der Waals surface area (Å²) in [6.45, 7) is 3.36. The minimum absolute atomic E-state index is 1.08. The van der Waals surface area contributed by atoms with Gasteiger partial charge >= 0.3 is 0 Å². The molecule has 0 aliphatic heterocycles. The van der Waals surface area contributed by atoms with Crippen LogP contribution in [0.4, 0.5) is 0 Å². The zero-order valence-corrected chi connectivity index (χ0v) is 16.2. The molecule has 23 heavy (non-hydrogen) atoms. The molecule has 0 saturated heterocycles. The zero-order chi connectivity index (χ0) is 17.0. The molecule has 0 unspecified atom stereocenters. The highest BCUT2D eigenvalue weighted by molar-refractivity contribution is 4.81. The second-order valence-corrected chi connectivity index (χ2v) is 6.54. The van der Waals surface area contributed by atoms with Gasteiger partial charge in [-0.05, 0) is 32.1 Å². The van der Waals surface area contributed by atoms with Crippen LogP contribution in [0.25, 0.3) is 0 Å². The minimum atomic E-state index is 1.08. The lowest BCUT2D eigenvalue weighted by Gasteiger charge is -2.18. The molecule has 0 rings (SSSR count). The van der Waals surface area contributed by atoms with Gasteiger partial charge < -0.3 is 0 Å². The highest BCUT2D eigenvalue weighted by atomic mass is 15.7. The van der Waals surface area contributed by atoms with Crippen molar-refractivity contribution >= 4 is 0 Å². The maximum atomic E-state index is 3.12. The fourth-order valence-electron chi connectivity index (χ4n) is 2.85. The third kappa shape index (κ3) is 17.8. The van der Waals surface area contributed by atoms with Gasteiger partial charge in [0, 0.05) is 20.6 Å². The molecule has 0 radical (unpaired) electrons. The first-order valence-electron chi connectivity index (χ1n) is 10.1. The third-order valence-electron chi connectivity index (χ3n) is 4.43. The Hall–Kier alpha value is -0.380. The Balaban J connectivity index is 3.13. The third-order valence-corrected chi connectivity index (χ3v) is 4.43. The second kappa shape index (κ2) is 19.7. The van der Waals surface area contributed by atoms with Crippen LogP contribution in [0.3, 0.4) is 0 Å². The monoisotopic (exact) mass is 325 g/mol. The standard InChI is InChI=1S/C20H43N3/c1-4-5-6-7-8-9-10-11-12-13-14-15-16-17-18-19-20-23(21-2)22-3/h11-12,21-22H,4-10,13-20H2,1-3H3/b12-11-. The molecule has 0 aromatic carbocycles. The van der Waals surface area contributed by atoms with Crippen LogP contribution in [-0.4, -0.2) is 25.8 Å². The maximum Gasteiger partial charge on any atom is 0.0288 e. The van der Waals surface area contributed by atoms with E-state index in [1.807, 2.05) is 19.2 Å². The van der Waals surface area contributed by atoms with Gasteiger partial charge in [0.05, 0.1) is 0 Å². The predicted molar refractivity (Wildman–Crippen MR) is 104 cm³/mol. The number of unbranched alkanes of at least 4 members (excludes halogenated alkanes) is 12. The van der Waals surface area contributed by atoms with E-state index in [4.69, 9.17) is 0 Å². The van der Waals surface area contributed by atoms with Gasteiger partial charge in [0.15, 0.2) is 0 Å². The van der Waals surface area contributed by atoms with Crippen LogP contribution in [-0.2, 0) is 0 Å². The van der Waals surface area contributed by atoms with E-state index in [1.165, 1.54) is 89.9 Å². The summed E-state index contributed by atoms with van der Waals surface area (Å²) in [5.41, 5.74) is 6.24. The molecule has 0 aromatic rings. The summed E-state index contributed by atoms with van der Waals surface area (Å²) in [6.07, 6.45) is 24.0. The number of allylic oxidation sites excluding steroid dienone is 2. The Labute approximate surface area is 146 Å². The molecule has 0 bridgehead atoms. The van der Waals surface area contributed by atoms with Gasteiger partial charge in [-0.2, -0.15) is 5.12 Å². The van der Waals surface area contributed by atoms with Crippen LogP contribution in [0.2, 0.25) is 0 Å². The molecule has 0 aromatic heterocycles. The Kier molecular flexibility index (Phi) is 19.3. The lowest BCUT2D eigenvalue weighted by Crippen LogP contribution is -2.44. The lowest BCUT2D eigenvalue weighted by atomic mass is 10.1. The van der Waals surface area contributed by atoms with Crippen LogP contribution in [0.5, 0.6) is 0 Å². The molecule has 138 valence electrons. The number of rotatable bonds is 18. The minimum Gasteiger partial charge on any atom is -0.245 e. The Morgan fingerprint density at radius 3 is 1.52 bits per heavy atom. The quantitative estimate of drug-likeness (QED) is 0.195. The van der Waals surface area contributed by atoms with Crippen LogP contribution in [0.15, 0.2) is 12.2 Å². The average Bonchev–Trinajstić information content (AvgIpc) is 2.58. The van der Waals surface area contributed by atoms with Crippen molar-refractivity contribution in [2.24, 2.45) is 0 Å². The smallest absolute Gasteiger partial charge is 0.0288 e. The number of hydrogen-bond acceptors (Lipinski definition) is 3. The zero-order valence-electron chi connectivity index (χ0n) is 16.2. The number of hydrazine groups is 2. The van der Waals surface area contributed by atoms with E-state index in [1.54, 1.807) is 0 Å². The van der Waals surface area contributed by atoms with Crippen molar-refractivity contribution in [3.63, 3.8) is 0 Å². The van der Waals surface area contributed by atoms with Gasteiger partial charge in [0.2, 0.25) is 0 Å². The SMILES string of the molecule is CCCCCCCC/C=C\CCCCCCCCN(NC)NC. The molecule has 2 N–H and O–H groups in total. The fourth-order valence-corrected chi connectivity index (χ4v) is 2.85. The molecule has 0 fully saturated rings. The van der Waals surface area contributed by atoms with Crippen molar-refractivity contribution in [1.29, 1.82) is 0 Å². The van der Waals surface area contributed by atoms with E-state index < -0.39 is 0 Å². The fraction of sp³-hybridized carbons (Fsp3) is 0.900. The average molecular weight is 326 g/mol. The lowest BCUT2D eigenvalue weighted by molar-refractivity contribution is 0.142. The van der Waals surface area contributed by atoms with Crippen LogP contribution < -0.4 is 10.9 Å². The number of hydrogen-bond donors (Lipinski definition) is 2. The van der Waals surface area contributed by atoms with Crippen molar-refractivity contribution in [3.05, 3.63) is 12.2 Å². The van der Waals surface area contributed by atoms with Gasteiger partial charge in [-0.25, -0.2) is 10.9 Å². The first-order chi connectivity index (χ1) is 11.3. The van der Waals surface area contributed by atoms with Gasteiger partial charge in [0.1, 0.15) is 0 Å². The van der Waals surface area contributed by atoms with Crippen molar-refractivity contribution in [2.45, 2.75) is 96.8 Å². The molecule has 3 heteroatoms. The van der Waals surface area contributed by atoms with E-state index in [9.17, 15) is 0 Å². The molecule has 0 heterocycles. The van der Waals surface area contributed by atoms with Crippen molar-refractivity contribution in [1.82, 2.24) is 16.0 Å². The summed E-state index contributed by atoms with van der Waals surface area (Å²) in [5, 5.41) is 2.04. The van der Waals surface area contributed by atoms with E-state index in [2.05, 4.69) is 29.9 Å². The molecule has 0 amide bonds. The molecule has 0 aliphatic carbocycles. The topological polar surface area (TPSA) is 27.3 Å². The highest BCUT2D eigenvalue weighted by Gasteiger charge is 1.97. The van der Waals surface area contributed by atoms with Gasteiger partial charge in [-0.1, -0.05) is 76.9 Å². The van der Waals surface area contributed by atoms with Crippen molar-refractivity contribution in [3.8, 4) is 0 Å². The summed E-state index contributed by atoms with van der Waals surface area (Å²) < 4.78 is 0. The summed E-state index contributed by atoms with van der Waals surface area (Å²) in [4.78, 5) is 0. The molecule has 0 spiro atoms.